The Morgan fingerprint density at radius 2 is 1.05 bits per heavy atom. The number of hydrogen-bond acceptors (Lipinski definition) is 2. The molecule has 0 amide bonds. The first-order valence-corrected chi connectivity index (χ1v) is 13.5. The summed E-state index contributed by atoms with van der Waals surface area (Å²) in [7, 11) is 0.777. The van der Waals surface area contributed by atoms with Crippen LogP contribution in [0.2, 0.25) is 0 Å². The molecule has 6 rings (SSSR count). The maximum absolute atomic E-state index is 8.93. The number of fused-ring (bicyclic) bond motifs is 3. The van der Waals surface area contributed by atoms with E-state index in [0.717, 1.165) is 15.9 Å². The van der Waals surface area contributed by atoms with Crippen LogP contribution in [0.1, 0.15) is 20.3 Å². The third-order valence-electron chi connectivity index (χ3n) is 4.94. The smallest absolute Gasteiger partial charge is 0.855 e. The van der Waals surface area contributed by atoms with Crippen molar-refractivity contribution in [1.29, 1.82) is 0 Å². The van der Waals surface area contributed by atoms with Crippen molar-refractivity contribution in [2.75, 3.05) is 13.2 Å². The minimum absolute atomic E-state index is 0. The summed E-state index contributed by atoms with van der Waals surface area (Å²) in [5, 5.41) is 26.0. The van der Waals surface area contributed by atoms with Gasteiger partial charge in [0, 0.05) is 0 Å². The van der Waals surface area contributed by atoms with E-state index in [4.69, 9.17) is 10.2 Å². The van der Waals surface area contributed by atoms with Crippen LogP contribution in [-0.4, -0.2) is 22.7 Å². The molecule has 0 spiro atoms. The van der Waals surface area contributed by atoms with Crippen LogP contribution in [0.5, 0.6) is 0 Å². The van der Waals surface area contributed by atoms with Crippen molar-refractivity contribution < 1.29 is 36.1 Å². The molecule has 190 valence electrons. The Bertz CT molecular complexity index is 1210. The molecule has 0 N–H and O–H groups in total. The molecule has 1 aliphatic rings. The van der Waals surface area contributed by atoms with Gasteiger partial charge in [-0.05, 0) is 0 Å². The molecule has 38 heavy (non-hydrogen) atoms. The van der Waals surface area contributed by atoms with Crippen LogP contribution in [0.25, 0.3) is 21.5 Å². The van der Waals surface area contributed by atoms with Crippen LogP contribution >= 0.6 is 0 Å². The van der Waals surface area contributed by atoms with Crippen LogP contribution in [0.15, 0.2) is 133 Å². The first-order valence-electron chi connectivity index (χ1n) is 12.5. The van der Waals surface area contributed by atoms with E-state index in [-0.39, 0.29) is 39.1 Å². The summed E-state index contributed by atoms with van der Waals surface area (Å²) in [4.78, 5) is 0. The van der Waals surface area contributed by atoms with Crippen LogP contribution in [0.4, 0.5) is 0 Å². The molecule has 5 aromatic rings. The minimum Gasteiger partial charge on any atom is -0.855 e. The number of rotatable bonds is 2. The fourth-order valence-corrected chi connectivity index (χ4v) is 4.51. The van der Waals surface area contributed by atoms with Crippen LogP contribution in [0.3, 0.4) is 0 Å². The van der Waals surface area contributed by atoms with Gasteiger partial charge in [-0.15, -0.1) is 59.4 Å². The van der Waals surface area contributed by atoms with Gasteiger partial charge in [0.25, 0.3) is 0 Å². The maximum Gasteiger partial charge on any atom is 4.00 e. The Morgan fingerprint density at radius 3 is 1.39 bits per heavy atom. The third kappa shape index (κ3) is 12.7. The standard InChI is InChI=1S/C13H9.C12H10Si.C5H5.2C2H5O.Hf/c1-3-7-12-10(5-1)9-11-6-2-4-8-13(11)12;1-3-7-11(8-4-1)13-12-9-5-2-6-10-12;1-2-4-5-3-1;2*1-2-3;/h1-9H;1-10H;1-3H,4H2;2*2H2,1H3;/q-1;;3*-1;+4. The summed E-state index contributed by atoms with van der Waals surface area (Å²) < 4.78 is 0. The molecule has 0 aromatic heterocycles. The third-order valence-corrected chi connectivity index (χ3v) is 6.19. The molecule has 0 unspecified atom stereocenters. The Morgan fingerprint density at radius 1 is 0.658 bits per heavy atom. The van der Waals surface area contributed by atoms with Gasteiger partial charge in [-0.2, -0.15) is 6.08 Å². The first kappa shape index (κ1) is 33.3. The van der Waals surface area contributed by atoms with Gasteiger partial charge in [0.15, 0.2) is 0 Å². The molecule has 0 atom stereocenters. The molecule has 1 aliphatic carbocycles. The molecular weight excluding hydrogens is 647 g/mol. The number of benzene rings is 4. The van der Waals surface area contributed by atoms with E-state index in [2.05, 4.69) is 127 Å². The van der Waals surface area contributed by atoms with Crippen LogP contribution in [0, 0.1) is 6.08 Å². The van der Waals surface area contributed by atoms with E-state index in [9.17, 15) is 0 Å². The molecular formula is C34H34HfO2Si. The Hall–Kier alpha value is -2.76. The molecule has 0 bridgehead atoms. The monoisotopic (exact) mass is 682 g/mol. The largest absolute Gasteiger partial charge is 4.00 e. The quantitative estimate of drug-likeness (QED) is 0.193. The maximum atomic E-state index is 8.93. The van der Waals surface area contributed by atoms with Crippen LogP contribution in [-0.2, 0) is 25.8 Å². The summed E-state index contributed by atoms with van der Waals surface area (Å²) in [5.41, 5.74) is 0. The van der Waals surface area contributed by atoms with Gasteiger partial charge in [0.1, 0.15) is 9.52 Å². The molecule has 4 heteroatoms. The second-order valence-electron chi connectivity index (χ2n) is 7.76. The summed E-state index contributed by atoms with van der Waals surface area (Å²) in [6.07, 6.45) is 10.0. The summed E-state index contributed by atoms with van der Waals surface area (Å²) >= 11 is 0. The topological polar surface area (TPSA) is 46.1 Å². The zero-order valence-corrected chi connectivity index (χ0v) is 26.7. The predicted octanol–water partition coefficient (Wildman–Crippen LogP) is 5.09. The Kier molecular flexibility index (Phi) is 18.6. The molecule has 0 heterocycles. The number of allylic oxidation sites excluding steroid dienone is 4. The Balaban J connectivity index is 0.000000271. The van der Waals surface area contributed by atoms with E-state index < -0.39 is 0 Å². The predicted molar refractivity (Wildman–Crippen MR) is 158 cm³/mol. The average molecular weight is 681 g/mol. The van der Waals surface area contributed by atoms with Crippen molar-refractivity contribution >= 4 is 41.4 Å². The molecule has 0 saturated heterocycles. The van der Waals surface area contributed by atoms with Gasteiger partial charge in [-0.1, -0.05) is 121 Å². The Labute approximate surface area is 249 Å². The summed E-state index contributed by atoms with van der Waals surface area (Å²) in [5.74, 6) is 0. The average Bonchev–Trinajstić information content (AvgIpc) is 3.63. The van der Waals surface area contributed by atoms with Gasteiger partial charge in [-0.3, -0.25) is 6.08 Å². The van der Waals surface area contributed by atoms with Gasteiger partial charge in [0.2, 0.25) is 0 Å². The van der Waals surface area contributed by atoms with E-state index in [1.165, 1.54) is 31.9 Å². The molecule has 0 fully saturated rings. The minimum atomic E-state index is 0. The van der Waals surface area contributed by atoms with E-state index in [1.807, 2.05) is 12.2 Å². The fraction of sp³-hybridized carbons (Fsp3) is 0.147. The summed E-state index contributed by atoms with van der Waals surface area (Å²) in [6.45, 7) is 3.14. The van der Waals surface area contributed by atoms with Crippen molar-refractivity contribution in [2.24, 2.45) is 0 Å². The molecule has 0 aliphatic heterocycles. The van der Waals surface area contributed by atoms with Crippen molar-refractivity contribution in [3.8, 4) is 0 Å². The van der Waals surface area contributed by atoms with Crippen molar-refractivity contribution in [3.63, 3.8) is 0 Å². The molecule has 2 nitrogen and oxygen atoms in total. The normalized spacial score (nSPS) is 10.4. The van der Waals surface area contributed by atoms with E-state index in [0.29, 0.717) is 0 Å². The molecule has 5 aromatic carbocycles. The van der Waals surface area contributed by atoms with Crippen molar-refractivity contribution in [3.05, 3.63) is 140 Å². The zero-order valence-electron chi connectivity index (χ0n) is 22.1. The summed E-state index contributed by atoms with van der Waals surface area (Å²) in [6, 6.07) is 40.4. The van der Waals surface area contributed by atoms with Gasteiger partial charge < -0.3 is 10.2 Å². The van der Waals surface area contributed by atoms with E-state index in [1.54, 1.807) is 13.8 Å². The zero-order chi connectivity index (χ0) is 26.6. The van der Waals surface area contributed by atoms with Gasteiger partial charge in [-0.25, -0.2) is 12.2 Å². The van der Waals surface area contributed by atoms with Crippen molar-refractivity contribution in [2.45, 2.75) is 20.3 Å². The first-order chi connectivity index (χ1) is 18.2. The molecule has 2 radical (unpaired) electrons. The fourth-order valence-electron chi connectivity index (χ4n) is 3.45. The van der Waals surface area contributed by atoms with Crippen LogP contribution < -0.4 is 20.6 Å². The van der Waals surface area contributed by atoms with Crippen molar-refractivity contribution in [1.82, 2.24) is 0 Å². The van der Waals surface area contributed by atoms with E-state index >= 15 is 0 Å². The van der Waals surface area contributed by atoms with Gasteiger partial charge >= 0.3 is 25.8 Å². The second-order valence-corrected chi connectivity index (χ2v) is 9.16. The van der Waals surface area contributed by atoms with Gasteiger partial charge in [0.05, 0.1) is 0 Å². The SMILES string of the molecule is CC[O-].CC[O-].[C-]1=CC=CC1.[Hf+4].c1ccc([Si]c2ccccc2)cc1.c1ccc2c(c1)[cH-]c1ccccc12. The number of hydrogen-bond donors (Lipinski definition) is 0. The molecule has 0 saturated carbocycles. The second kappa shape index (κ2) is 21.2.